The molecule has 1 aromatic heterocycles. The molecule has 7 heteroatoms. The highest BCUT2D eigenvalue weighted by atomic mass is 35.5. The van der Waals surface area contributed by atoms with Crippen LogP contribution in [0.15, 0.2) is 60.8 Å². The third kappa shape index (κ3) is 4.71. The third-order valence-corrected chi connectivity index (χ3v) is 4.01. The Morgan fingerprint density at radius 2 is 1.85 bits per heavy atom. The van der Waals surface area contributed by atoms with Gasteiger partial charge in [-0.25, -0.2) is 9.37 Å². The summed E-state index contributed by atoms with van der Waals surface area (Å²) >= 11 is 11.9. The Balaban J connectivity index is 1.65. The molecule has 0 aliphatic rings. The molecule has 0 unspecified atom stereocenters. The Morgan fingerprint density at radius 3 is 2.58 bits per heavy atom. The summed E-state index contributed by atoms with van der Waals surface area (Å²) in [6, 6.07) is 13.7. The molecule has 1 heterocycles. The largest absolute Gasteiger partial charge is 0.439 e. The molecule has 1 amide bonds. The van der Waals surface area contributed by atoms with Gasteiger partial charge >= 0.3 is 0 Å². The second-order valence-corrected chi connectivity index (χ2v) is 6.21. The van der Waals surface area contributed by atoms with Crippen LogP contribution in [0.2, 0.25) is 10.0 Å². The summed E-state index contributed by atoms with van der Waals surface area (Å²) < 4.78 is 18.5. The molecule has 0 radical (unpaired) electrons. The van der Waals surface area contributed by atoms with E-state index in [0.29, 0.717) is 22.2 Å². The number of nitrogens with zero attached hydrogens (tertiary/aromatic N) is 1. The fourth-order valence-electron chi connectivity index (χ4n) is 2.19. The van der Waals surface area contributed by atoms with Gasteiger partial charge in [-0.2, -0.15) is 0 Å². The Hall–Kier alpha value is -2.63. The average Bonchev–Trinajstić information content (AvgIpc) is 2.62. The molecule has 0 aliphatic carbocycles. The lowest BCUT2D eigenvalue weighted by Gasteiger charge is -2.09. The molecular weight excluding hydrogens is 378 g/mol. The van der Waals surface area contributed by atoms with Gasteiger partial charge in [-0.05, 0) is 54.1 Å². The van der Waals surface area contributed by atoms with Crippen molar-refractivity contribution in [1.82, 2.24) is 10.3 Å². The van der Waals surface area contributed by atoms with Crippen LogP contribution in [0.4, 0.5) is 4.39 Å². The molecule has 2 aromatic carbocycles. The number of benzene rings is 2. The molecular formula is C19H13Cl2FN2O2. The van der Waals surface area contributed by atoms with E-state index in [1.54, 1.807) is 30.5 Å². The summed E-state index contributed by atoms with van der Waals surface area (Å²) in [4.78, 5) is 16.3. The minimum Gasteiger partial charge on any atom is -0.439 e. The fourth-order valence-corrected chi connectivity index (χ4v) is 2.69. The van der Waals surface area contributed by atoms with Crippen LogP contribution in [0.3, 0.4) is 0 Å². The molecule has 0 aliphatic heterocycles. The number of nitrogens with one attached hydrogen (secondary N) is 1. The maximum atomic E-state index is 12.9. The highest BCUT2D eigenvalue weighted by molar-refractivity contribution is 6.36. The van der Waals surface area contributed by atoms with Gasteiger partial charge < -0.3 is 10.1 Å². The molecule has 0 fully saturated rings. The van der Waals surface area contributed by atoms with Crippen LogP contribution >= 0.6 is 23.2 Å². The van der Waals surface area contributed by atoms with Crippen molar-refractivity contribution in [2.75, 3.05) is 0 Å². The maximum absolute atomic E-state index is 12.9. The van der Waals surface area contributed by atoms with E-state index in [1.165, 1.54) is 30.3 Å². The molecule has 26 heavy (non-hydrogen) atoms. The van der Waals surface area contributed by atoms with E-state index in [0.717, 1.165) is 5.56 Å². The second kappa shape index (κ2) is 8.17. The standard InChI is InChI=1S/C19H13Cl2FN2O2/c20-13-1-6-16(17(21)10-13)19(25)24-11-12-7-8-23-18(9-12)26-15-4-2-14(22)3-5-15/h1-10H,11H2,(H,24,25). The average molecular weight is 391 g/mol. The van der Waals surface area contributed by atoms with E-state index in [1.807, 2.05) is 0 Å². The zero-order valence-electron chi connectivity index (χ0n) is 13.4. The second-order valence-electron chi connectivity index (χ2n) is 5.37. The van der Waals surface area contributed by atoms with Crippen LogP contribution < -0.4 is 10.1 Å². The normalized spacial score (nSPS) is 10.4. The van der Waals surface area contributed by atoms with Crippen LogP contribution in [0.5, 0.6) is 11.6 Å². The van der Waals surface area contributed by atoms with Crippen molar-refractivity contribution in [2.45, 2.75) is 6.54 Å². The first-order chi connectivity index (χ1) is 12.5. The smallest absolute Gasteiger partial charge is 0.253 e. The maximum Gasteiger partial charge on any atom is 0.253 e. The number of carbonyl (C=O) groups is 1. The van der Waals surface area contributed by atoms with Gasteiger partial charge in [-0.3, -0.25) is 4.79 Å². The number of ether oxygens (including phenoxy) is 1. The number of pyridine rings is 1. The van der Waals surface area contributed by atoms with Crippen molar-refractivity contribution in [2.24, 2.45) is 0 Å². The zero-order valence-corrected chi connectivity index (χ0v) is 14.9. The van der Waals surface area contributed by atoms with Gasteiger partial charge in [0.15, 0.2) is 0 Å². The lowest BCUT2D eigenvalue weighted by atomic mass is 10.2. The molecule has 0 saturated carbocycles. The van der Waals surface area contributed by atoms with E-state index in [2.05, 4.69) is 10.3 Å². The predicted octanol–water partition coefficient (Wildman–Crippen LogP) is 5.25. The Bertz CT molecular complexity index is 933. The Kier molecular flexibility index (Phi) is 5.71. The van der Waals surface area contributed by atoms with Gasteiger partial charge in [0.1, 0.15) is 11.6 Å². The molecule has 3 rings (SSSR count). The summed E-state index contributed by atoms with van der Waals surface area (Å²) in [5, 5.41) is 3.52. The van der Waals surface area contributed by atoms with Crippen molar-refractivity contribution in [3.05, 3.63) is 87.8 Å². The van der Waals surface area contributed by atoms with Crippen LogP contribution in [0.25, 0.3) is 0 Å². The number of halogens is 3. The highest BCUT2D eigenvalue weighted by Gasteiger charge is 2.10. The predicted molar refractivity (Wildman–Crippen MR) is 98.3 cm³/mol. The first kappa shape index (κ1) is 18.2. The number of amides is 1. The van der Waals surface area contributed by atoms with Crippen molar-refractivity contribution in [3.63, 3.8) is 0 Å². The summed E-state index contributed by atoms with van der Waals surface area (Å²) in [5.41, 5.74) is 1.13. The minimum atomic E-state index is -0.345. The molecule has 0 atom stereocenters. The van der Waals surface area contributed by atoms with Crippen molar-refractivity contribution in [3.8, 4) is 11.6 Å². The van der Waals surface area contributed by atoms with Gasteiger partial charge in [-0.15, -0.1) is 0 Å². The fraction of sp³-hybridized carbons (Fsp3) is 0.0526. The summed E-state index contributed by atoms with van der Waals surface area (Å²) in [7, 11) is 0. The summed E-state index contributed by atoms with van der Waals surface area (Å²) in [6.45, 7) is 0.264. The Labute approximate surface area is 159 Å². The molecule has 0 spiro atoms. The van der Waals surface area contributed by atoms with Crippen LogP contribution in [-0.2, 0) is 6.54 Å². The SMILES string of the molecule is O=C(NCc1ccnc(Oc2ccc(F)cc2)c1)c1ccc(Cl)cc1Cl. The lowest BCUT2D eigenvalue weighted by Crippen LogP contribution is -2.23. The first-order valence-corrected chi connectivity index (χ1v) is 8.38. The lowest BCUT2D eigenvalue weighted by molar-refractivity contribution is 0.0951. The summed E-state index contributed by atoms with van der Waals surface area (Å²) in [5.74, 6) is 0.146. The van der Waals surface area contributed by atoms with Gasteiger partial charge in [0.2, 0.25) is 5.88 Å². The molecule has 0 bridgehead atoms. The monoisotopic (exact) mass is 390 g/mol. The molecule has 132 valence electrons. The molecule has 1 N–H and O–H groups in total. The van der Waals surface area contributed by atoms with E-state index in [-0.39, 0.29) is 23.3 Å². The van der Waals surface area contributed by atoms with Crippen LogP contribution in [0, 0.1) is 5.82 Å². The number of rotatable bonds is 5. The van der Waals surface area contributed by atoms with E-state index in [9.17, 15) is 9.18 Å². The van der Waals surface area contributed by atoms with Crippen LogP contribution in [0.1, 0.15) is 15.9 Å². The quantitative estimate of drug-likeness (QED) is 0.646. The Morgan fingerprint density at radius 1 is 1.08 bits per heavy atom. The van der Waals surface area contributed by atoms with Gasteiger partial charge in [0.25, 0.3) is 5.91 Å². The number of hydrogen-bond donors (Lipinski definition) is 1. The van der Waals surface area contributed by atoms with E-state index in [4.69, 9.17) is 27.9 Å². The zero-order chi connectivity index (χ0) is 18.5. The molecule has 3 aromatic rings. The topological polar surface area (TPSA) is 51.2 Å². The van der Waals surface area contributed by atoms with Gasteiger partial charge in [0, 0.05) is 23.8 Å². The van der Waals surface area contributed by atoms with Crippen molar-refractivity contribution >= 4 is 29.1 Å². The van der Waals surface area contributed by atoms with Gasteiger partial charge in [-0.1, -0.05) is 23.2 Å². The number of hydrogen-bond acceptors (Lipinski definition) is 3. The first-order valence-electron chi connectivity index (χ1n) is 7.63. The number of aromatic nitrogens is 1. The van der Waals surface area contributed by atoms with E-state index < -0.39 is 0 Å². The summed E-state index contributed by atoms with van der Waals surface area (Å²) in [6.07, 6.45) is 1.57. The third-order valence-electron chi connectivity index (χ3n) is 3.46. The van der Waals surface area contributed by atoms with Gasteiger partial charge in [0.05, 0.1) is 10.6 Å². The van der Waals surface area contributed by atoms with Crippen LogP contribution in [-0.4, -0.2) is 10.9 Å². The highest BCUT2D eigenvalue weighted by Crippen LogP contribution is 2.22. The molecule has 0 saturated heterocycles. The minimum absolute atomic E-state index is 0.264. The molecule has 4 nitrogen and oxygen atoms in total. The van der Waals surface area contributed by atoms with Crippen molar-refractivity contribution in [1.29, 1.82) is 0 Å². The number of carbonyl (C=O) groups excluding carboxylic acids is 1. The van der Waals surface area contributed by atoms with E-state index >= 15 is 0 Å². The van der Waals surface area contributed by atoms with Crippen molar-refractivity contribution < 1.29 is 13.9 Å².